The molecule has 6 nitrogen and oxygen atoms in total. The fourth-order valence-electron chi connectivity index (χ4n) is 1.15. The first-order valence-corrected chi connectivity index (χ1v) is 5.88. The minimum atomic E-state index is -1.17. The van der Waals surface area contributed by atoms with Crippen LogP contribution in [0.3, 0.4) is 0 Å². The standard InChI is InChI=1S/C10H14N2O4S/c1-16-3-2-11-8(13)5-9-12-7(6-17-9)4-10(14)15/h6H,2-5H2,1H3,(H,11,13)(H,14,15)/p-1. The molecule has 0 aliphatic heterocycles. The monoisotopic (exact) mass is 257 g/mol. The highest BCUT2D eigenvalue weighted by Gasteiger charge is 2.07. The van der Waals surface area contributed by atoms with Gasteiger partial charge in [-0.1, -0.05) is 0 Å². The molecule has 0 aliphatic carbocycles. The molecule has 1 N–H and O–H groups in total. The van der Waals surface area contributed by atoms with Gasteiger partial charge in [0.2, 0.25) is 5.91 Å². The Morgan fingerprint density at radius 3 is 2.94 bits per heavy atom. The van der Waals surface area contributed by atoms with Gasteiger partial charge in [-0.3, -0.25) is 4.79 Å². The highest BCUT2D eigenvalue weighted by molar-refractivity contribution is 7.09. The van der Waals surface area contributed by atoms with Crippen LogP contribution in [-0.4, -0.2) is 37.1 Å². The van der Waals surface area contributed by atoms with Crippen LogP contribution in [0.4, 0.5) is 0 Å². The van der Waals surface area contributed by atoms with E-state index in [1.807, 2.05) is 0 Å². The first-order valence-electron chi connectivity index (χ1n) is 5.00. The van der Waals surface area contributed by atoms with E-state index in [-0.39, 0.29) is 18.7 Å². The number of carboxylic acid groups (broad SMARTS) is 1. The predicted octanol–water partition coefficient (Wildman–Crippen LogP) is -1.26. The summed E-state index contributed by atoms with van der Waals surface area (Å²) in [5, 5.41) is 15.2. The molecule has 0 saturated carbocycles. The maximum atomic E-state index is 11.4. The Labute approximate surface area is 103 Å². The first kappa shape index (κ1) is 13.6. The Kier molecular flexibility index (Phi) is 5.58. The predicted molar refractivity (Wildman–Crippen MR) is 59.4 cm³/mol. The molecule has 1 rings (SSSR count). The van der Waals surface area contributed by atoms with Gasteiger partial charge in [0, 0.05) is 31.4 Å². The van der Waals surface area contributed by atoms with E-state index in [1.165, 1.54) is 11.3 Å². The summed E-state index contributed by atoms with van der Waals surface area (Å²) in [7, 11) is 1.55. The molecule has 0 aromatic carbocycles. The van der Waals surface area contributed by atoms with Crippen molar-refractivity contribution < 1.29 is 19.4 Å². The van der Waals surface area contributed by atoms with E-state index in [1.54, 1.807) is 12.5 Å². The van der Waals surface area contributed by atoms with Crippen LogP contribution in [0, 0.1) is 0 Å². The van der Waals surface area contributed by atoms with Crippen molar-refractivity contribution in [1.29, 1.82) is 0 Å². The van der Waals surface area contributed by atoms with Crippen LogP contribution >= 0.6 is 11.3 Å². The summed E-state index contributed by atoms with van der Waals surface area (Å²) >= 11 is 1.26. The summed E-state index contributed by atoms with van der Waals surface area (Å²) in [6, 6.07) is 0. The number of methoxy groups -OCH3 is 1. The molecule has 0 unspecified atom stereocenters. The van der Waals surface area contributed by atoms with E-state index in [9.17, 15) is 14.7 Å². The van der Waals surface area contributed by atoms with Gasteiger partial charge in [-0.05, 0) is 0 Å². The van der Waals surface area contributed by atoms with Crippen molar-refractivity contribution in [2.45, 2.75) is 12.8 Å². The quantitative estimate of drug-likeness (QED) is 0.616. The number of aromatic nitrogens is 1. The molecule has 0 aliphatic rings. The lowest BCUT2D eigenvalue weighted by Crippen LogP contribution is -2.28. The highest BCUT2D eigenvalue weighted by atomic mass is 32.1. The van der Waals surface area contributed by atoms with Gasteiger partial charge in [0.25, 0.3) is 0 Å². The van der Waals surface area contributed by atoms with Crippen molar-refractivity contribution in [2.75, 3.05) is 20.3 Å². The highest BCUT2D eigenvalue weighted by Crippen LogP contribution is 2.10. The zero-order chi connectivity index (χ0) is 12.7. The SMILES string of the molecule is COCCNC(=O)Cc1nc(CC(=O)[O-])cs1. The number of hydrogen-bond donors (Lipinski definition) is 1. The van der Waals surface area contributed by atoms with E-state index in [4.69, 9.17) is 4.74 Å². The Morgan fingerprint density at radius 2 is 2.29 bits per heavy atom. The lowest BCUT2D eigenvalue weighted by Gasteiger charge is -2.02. The number of rotatable bonds is 7. The van der Waals surface area contributed by atoms with Crippen molar-refractivity contribution >= 4 is 23.2 Å². The van der Waals surface area contributed by atoms with E-state index in [0.717, 1.165) is 0 Å². The molecule has 17 heavy (non-hydrogen) atoms. The second-order valence-corrected chi connectivity index (χ2v) is 4.24. The van der Waals surface area contributed by atoms with Crippen molar-refractivity contribution in [1.82, 2.24) is 10.3 Å². The number of carbonyl (C=O) groups excluding carboxylic acids is 2. The van der Waals surface area contributed by atoms with Gasteiger partial charge in [-0.25, -0.2) is 4.98 Å². The van der Waals surface area contributed by atoms with E-state index in [2.05, 4.69) is 10.3 Å². The van der Waals surface area contributed by atoms with Crippen LogP contribution < -0.4 is 10.4 Å². The fourth-order valence-corrected chi connectivity index (χ4v) is 1.94. The van der Waals surface area contributed by atoms with E-state index < -0.39 is 5.97 Å². The third kappa shape index (κ3) is 5.41. The molecule has 1 amide bonds. The zero-order valence-electron chi connectivity index (χ0n) is 9.39. The number of nitrogens with one attached hydrogen (secondary N) is 1. The van der Waals surface area contributed by atoms with Crippen LogP contribution in [0.5, 0.6) is 0 Å². The van der Waals surface area contributed by atoms with Gasteiger partial charge in [0.1, 0.15) is 5.01 Å². The molecule has 94 valence electrons. The maximum Gasteiger partial charge on any atom is 0.226 e. The Morgan fingerprint density at radius 1 is 1.53 bits per heavy atom. The van der Waals surface area contributed by atoms with E-state index >= 15 is 0 Å². The van der Waals surface area contributed by atoms with Crippen LogP contribution in [0.15, 0.2) is 5.38 Å². The van der Waals surface area contributed by atoms with Gasteiger partial charge >= 0.3 is 0 Å². The average molecular weight is 257 g/mol. The fraction of sp³-hybridized carbons (Fsp3) is 0.500. The number of carboxylic acids is 1. The molecule has 0 fully saturated rings. The topological polar surface area (TPSA) is 91.3 Å². The number of thiazole rings is 1. The second-order valence-electron chi connectivity index (χ2n) is 3.30. The molecular weight excluding hydrogens is 244 g/mol. The molecule has 0 bridgehead atoms. The van der Waals surface area contributed by atoms with Crippen LogP contribution in [-0.2, 0) is 27.2 Å². The lowest BCUT2D eigenvalue weighted by molar-refractivity contribution is -0.304. The summed E-state index contributed by atoms with van der Waals surface area (Å²) in [5.41, 5.74) is 0.426. The summed E-state index contributed by atoms with van der Waals surface area (Å²) in [6.45, 7) is 0.909. The molecule has 1 aromatic heterocycles. The van der Waals surface area contributed by atoms with Crippen LogP contribution in [0.25, 0.3) is 0 Å². The number of carbonyl (C=O) groups is 2. The van der Waals surface area contributed by atoms with E-state index in [0.29, 0.717) is 23.9 Å². The Hall–Kier alpha value is -1.47. The van der Waals surface area contributed by atoms with Gasteiger partial charge in [-0.2, -0.15) is 0 Å². The maximum absolute atomic E-state index is 11.4. The number of ether oxygens (including phenoxy) is 1. The molecule has 0 radical (unpaired) electrons. The molecule has 1 heterocycles. The number of hydrogen-bond acceptors (Lipinski definition) is 6. The minimum Gasteiger partial charge on any atom is -0.550 e. The van der Waals surface area contributed by atoms with Gasteiger partial charge in [0.05, 0.1) is 18.7 Å². The third-order valence-electron chi connectivity index (χ3n) is 1.86. The van der Waals surface area contributed by atoms with Gasteiger partial charge in [-0.15, -0.1) is 11.3 Å². The van der Waals surface area contributed by atoms with Gasteiger partial charge < -0.3 is 20.0 Å². The molecular formula is C10H13N2O4S-. The molecule has 0 saturated heterocycles. The second kappa shape index (κ2) is 6.97. The van der Waals surface area contributed by atoms with Gasteiger partial charge in [0.15, 0.2) is 0 Å². The number of aliphatic carboxylic acids is 1. The molecule has 0 atom stereocenters. The Bertz CT molecular complexity index is 391. The smallest absolute Gasteiger partial charge is 0.226 e. The largest absolute Gasteiger partial charge is 0.550 e. The first-order chi connectivity index (χ1) is 8.11. The normalized spacial score (nSPS) is 10.2. The minimum absolute atomic E-state index is 0.154. The number of nitrogens with zero attached hydrogens (tertiary/aromatic N) is 1. The van der Waals surface area contributed by atoms with Crippen molar-refractivity contribution in [3.8, 4) is 0 Å². The molecule has 1 aromatic rings. The number of amides is 1. The third-order valence-corrected chi connectivity index (χ3v) is 2.76. The van der Waals surface area contributed by atoms with Crippen molar-refractivity contribution in [2.24, 2.45) is 0 Å². The van der Waals surface area contributed by atoms with Crippen molar-refractivity contribution in [3.63, 3.8) is 0 Å². The summed E-state index contributed by atoms with van der Waals surface area (Å²) in [4.78, 5) is 25.7. The molecule has 7 heteroatoms. The summed E-state index contributed by atoms with van der Waals surface area (Å²) in [5.74, 6) is -1.33. The van der Waals surface area contributed by atoms with Crippen molar-refractivity contribution in [3.05, 3.63) is 16.1 Å². The zero-order valence-corrected chi connectivity index (χ0v) is 10.2. The van der Waals surface area contributed by atoms with Crippen LogP contribution in [0.1, 0.15) is 10.7 Å². The summed E-state index contributed by atoms with van der Waals surface area (Å²) < 4.78 is 4.79. The lowest BCUT2D eigenvalue weighted by atomic mass is 10.3. The van der Waals surface area contributed by atoms with Crippen LogP contribution in [0.2, 0.25) is 0 Å². The molecule has 0 spiro atoms. The average Bonchev–Trinajstić information content (AvgIpc) is 2.64. The summed E-state index contributed by atoms with van der Waals surface area (Å²) in [6.07, 6.45) is -0.0662. The Balaban J connectivity index is 2.38.